The lowest BCUT2D eigenvalue weighted by molar-refractivity contribution is -0.149. The molecule has 3 amide bonds. The van der Waals surface area contributed by atoms with E-state index in [0.717, 1.165) is 16.2 Å². The number of carboxylic acids is 2. The van der Waals surface area contributed by atoms with Crippen molar-refractivity contribution in [3.63, 3.8) is 0 Å². The Bertz CT molecular complexity index is 1420. The molecule has 2 saturated heterocycles. The van der Waals surface area contributed by atoms with Crippen LogP contribution in [0.15, 0.2) is 40.1 Å². The molecule has 0 bridgehead atoms. The van der Waals surface area contributed by atoms with Crippen LogP contribution in [0.1, 0.15) is 42.6 Å². The number of carbonyl (C=O) groups excluding carboxylic acids is 3. The van der Waals surface area contributed by atoms with Gasteiger partial charge in [0.2, 0.25) is 21.8 Å². The second-order valence-electron chi connectivity index (χ2n) is 10.1. The number of sulfonamides is 1. The number of carboxylic acid groups (broad SMARTS) is 2. The molecule has 2 aromatic rings. The molecule has 4 atom stereocenters. The summed E-state index contributed by atoms with van der Waals surface area (Å²) in [4.78, 5) is 64.3. The molecule has 2 aromatic heterocycles. The molecule has 2 fully saturated rings. The van der Waals surface area contributed by atoms with E-state index in [9.17, 15) is 42.6 Å². The van der Waals surface area contributed by atoms with Crippen LogP contribution in [0.4, 0.5) is 0 Å². The number of nitrogens with zero attached hydrogens (tertiary/aromatic N) is 3. The first kappa shape index (κ1) is 30.2. The quantitative estimate of drug-likeness (QED) is 0.273. The van der Waals surface area contributed by atoms with Gasteiger partial charge in [0, 0.05) is 57.7 Å². The maximum absolute atomic E-state index is 12.9. The van der Waals surface area contributed by atoms with Crippen LogP contribution in [-0.2, 0) is 36.2 Å². The second-order valence-corrected chi connectivity index (χ2v) is 12.9. The van der Waals surface area contributed by atoms with E-state index in [-0.39, 0.29) is 55.3 Å². The molecule has 0 aliphatic carbocycles. The standard InChI is InChI=1S/C25H31N5O9S2/c1-28-9-3-5-17(28)23(33)26-15-11-18(24(34)35)29(13-15)20(31)6-2-7-21(32)30-14-16(12-19(30)25(36)37)27-41(38,39)22-8-4-10-40-22/h3-5,8-10,15-16,18-19,27H,2,6-7,11-14H2,1H3,(H,26,33)(H,34,35)(H,36,37)/t15-,16-,18-,19-/m0/s1. The molecule has 4 N–H and O–H groups in total. The molecule has 2 aliphatic heterocycles. The van der Waals surface area contributed by atoms with Crippen molar-refractivity contribution in [1.29, 1.82) is 0 Å². The number of likely N-dealkylation sites (tertiary alicyclic amines) is 2. The van der Waals surface area contributed by atoms with E-state index in [4.69, 9.17) is 0 Å². The van der Waals surface area contributed by atoms with E-state index in [0.29, 0.717) is 5.69 Å². The van der Waals surface area contributed by atoms with Crippen LogP contribution in [0.5, 0.6) is 0 Å². The van der Waals surface area contributed by atoms with Crippen molar-refractivity contribution in [3.8, 4) is 0 Å². The van der Waals surface area contributed by atoms with Crippen LogP contribution >= 0.6 is 11.3 Å². The van der Waals surface area contributed by atoms with Crippen molar-refractivity contribution in [3.05, 3.63) is 41.5 Å². The predicted molar refractivity (Wildman–Crippen MR) is 144 cm³/mol. The molecule has 0 aromatic carbocycles. The molecule has 222 valence electrons. The van der Waals surface area contributed by atoms with E-state index in [1.165, 1.54) is 11.0 Å². The molecule has 41 heavy (non-hydrogen) atoms. The Morgan fingerprint density at radius 3 is 2.02 bits per heavy atom. The van der Waals surface area contributed by atoms with Gasteiger partial charge in [-0.25, -0.2) is 22.7 Å². The fourth-order valence-corrected chi connectivity index (χ4v) is 7.46. The summed E-state index contributed by atoms with van der Waals surface area (Å²) in [7, 11) is -2.16. The van der Waals surface area contributed by atoms with Gasteiger partial charge in [0.15, 0.2) is 0 Å². The zero-order chi connectivity index (χ0) is 29.9. The van der Waals surface area contributed by atoms with E-state index in [1.807, 2.05) is 0 Å². The van der Waals surface area contributed by atoms with Crippen LogP contribution < -0.4 is 10.0 Å². The Morgan fingerprint density at radius 1 is 0.927 bits per heavy atom. The van der Waals surface area contributed by atoms with Gasteiger partial charge in [-0.2, -0.15) is 0 Å². The first-order valence-electron chi connectivity index (χ1n) is 12.9. The third-order valence-corrected chi connectivity index (χ3v) is 10.1. The molecule has 0 saturated carbocycles. The van der Waals surface area contributed by atoms with Gasteiger partial charge in [-0.05, 0) is 36.4 Å². The normalized spacial score (nSPS) is 22.6. The molecule has 14 nitrogen and oxygen atoms in total. The highest BCUT2D eigenvalue weighted by Gasteiger charge is 2.42. The SMILES string of the molecule is Cn1cccc1C(=O)N[C@H]1C[C@@H](C(=O)O)N(C(=O)CCCC(=O)N2C[C@@H](NS(=O)(=O)c3cccs3)C[C@H]2C(=O)O)C1. The van der Waals surface area contributed by atoms with Crippen molar-refractivity contribution in [2.45, 2.75) is 60.5 Å². The van der Waals surface area contributed by atoms with Gasteiger partial charge in [-0.15, -0.1) is 11.3 Å². The zero-order valence-corrected chi connectivity index (χ0v) is 23.8. The summed E-state index contributed by atoms with van der Waals surface area (Å²) < 4.78 is 29.3. The van der Waals surface area contributed by atoms with Crippen LogP contribution in [0.3, 0.4) is 0 Å². The Morgan fingerprint density at radius 2 is 1.51 bits per heavy atom. The van der Waals surface area contributed by atoms with Gasteiger partial charge in [0.05, 0.1) is 0 Å². The summed E-state index contributed by atoms with van der Waals surface area (Å²) in [6.07, 6.45) is 1.33. The minimum absolute atomic E-state index is 0.000807. The largest absolute Gasteiger partial charge is 0.480 e. The number of aryl methyl sites for hydroxylation is 1. The molecule has 4 heterocycles. The molecular weight excluding hydrogens is 578 g/mol. The van der Waals surface area contributed by atoms with Gasteiger partial charge in [0.1, 0.15) is 22.0 Å². The molecule has 4 rings (SSSR count). The molecule has 2 aliphatic rings. The van der Waals surface area contributed by atoms with E-state index in [1.54, 1.807) is 41.4 Å². The van der Waals surface area contributed by atoms with Crippen molar-refractivity contribution < 1.29 is 42.6 Å². The lowest BCUT2D eigenvalue weighted by Crippen LogP contribution is -2.42. The third kappa shape index (κ3) is 6.94. The van der Waals surface area contributed by atoms with Gasteiger partial charge in [-0.3, -0.25) is 14.4 Å². The maximum atomic E-state index is 12.9. The Balaban J connectivity index is 1.30. The molecule has 16 heteroatoms. The number of rotatable bonds is 11. The highest BCUT2D eigenvalue weighted by molar-refractivity contribution is 7.91. The monoisotopic (exact) mass is 609 g/mol. The summed E-state index contributed by atoms with van der Waals surface area (Å²) >= 11 is 1.01. The number of nitrogens with one attached hydrogen (secondary N) is 2. The van der Waals surface area contributed by atoms with Crippen molar-refractivity contribution >= 4 is 51.0 Å². The zero-order valence-electron chi connectivity index (χ0n) is 22.1. The van der Waals surface area contributed by atoms with Crippen molar-refractivity contribution in [1.82, 2.24) is 24.4 Å². The topological polar surface area (TPSA) is 195 Å². The number of hydrogen-bond acceptors (Lipinski definition) is 8. The summed E-state index contributed by atoms with van der Waals surface area (Å²) in [6.45, 7) is -0.136. The molecule has 0 unspecified atom stereocenters. The smallest absolute Gasteiger partial charge is 0.326 e. The number of hydrogen-bond donors (Lipinski definition) is 4. The fraction of sp³-hybridized carbons (Fsp3) is 0.480. The van der Waals surface area contributed by atoms with Crippen LogP contribution in [0, 0.1) is 0 Å². The minimum atomic E-state index is -3.86. The van der Waals surface area contributed by atoms with Gasteiger partial charge >= 0.3 is 11.9 Å². The van der Waals surface area contributed by atoms with E-state index in [2.05, 4.69) is 10.0 Å². The highest BCUT2D eigenvalue weighted by Crippen LogP contribution is 2.24. The number of aliphatic carboxylic acids is 2. The number of thiophene rings is 1. The van der Waals surface area contributed by atoms with Crippen LogP contribution in [0.25, 0.3) is 0 Å². The maximum Gasteiger partial charge on any atom is 0.326 e. The van der Waals surface area contributed by atoms with Gasteiger partial charge in [-0.1, -0.05) is 6.07 Å². The molecule has 0 spiro atoms. The van der Waals surface area contributed by atoms with Crippen LogP contribution in [0.2, 0.25) is 0 Å². The average Bonchev–Trinajstić information content (AvgIpc) is 3.69. The van der Waals surface area contributed by atoms with Crippen molar-refractivity contribution in [2.75, 3.05) is 13.1 Å². The van der Waals surface area contributed by atoms with Gasteiger partial charge in [0.25, 0.3) is 5.91 Å². The van der Waals surface area contributed by atoms with E-state index >= 15 is 0 Å². The van der Waals surface area contributed by atoms with Gasteiger partial charge < -0.3 is 29.9 Å². The Kier molecular flexibility index (Phi) is 9.14. The molecule has 0 radical (unpaired) electrons. The van der Waals surface area contributed by atoms with Crippen molar-refractivity contribution in [2.24, 2.45) is 7.05 Å². The number of carbonyl (C=O) groups is 5. The number of aromatic nitrogens is 1. The lowest BCUT2D eigenvalue weighted by Gasteiger charge is -2.23. The van der Waals surface area contributed by atoms with Crippen LogP contribution in [-0.4, -0.2) is 99.9 Å². The first-order valence-corrected chi connectivity index (χ1v) is 15.3. The molecular formula is C25H31N5O9S2. The number of amides is 3. The minimum Gasteiger partial charge on any atom is -0.480 e. The fourth-order valence-electron chi connectivity index (χ4n) is 5.21. The van der Waals surface area contributed by atoms with E-state index < -0.39 is 57.9 Å². The lowest BCUT2D eigenvalue weighted by atomic mass is 10.1. The summed E-state index contributed by atoms with van der Waals surface area (Å²) in [5.41, 5.74) is 0.392. The predicted octanol–water partition coefficient (Wildman–Crippen LogP) is 0.0734. The Hall–Kier alpha value is -3.76. The second kappa shape index (κ2) is 12.4. The summed E-state index contributed by atoms with van der Waals surface area (Å²) in [6, 6.07) is 2.59. The Labute approximate surface area is 240 Å². The summed E-state index contributed by atoms with van der Waals surface area (Å²) in [5.74, 6) is -3.91. The average molecular weight is 610 g/mol. The highest BCUT2D eigenvalue weighted by atomic mass is 32.2. The summed E-state index contributed by atoms with van der Waals surface area (Å²) in [5, 5.41) is 23.6. The first-order chi connectivity index (χ1) is 19.4. The third-order valence-electron chi connectivity index (χ3n) is 7.19.